The summed E-state index contributed by atoms with van der Waals surface area (Å²) in [5, 5.41) is 46.7. The van der Waals surface area contributed by atoms with Crippen LogP contribution in [0.4, 0.5) is 0 Å². The SMILES string of the molecule is CC(CCC(=O)O)C1CC[C@H]2[C@@H]3[C@H](O)C[C@@H]4C[C@@H](OCCNC(=O)CCC(C)C5CC[C@H]6[C@@H]7CC[C@@H]8C[C@H](O)CC[C@]8(C)[C@H]7CC[C@]56C)CC[C@]4(C)[C@H]3C[C@H](O)[C@]12C. The van der Waals surface area contributed by atoms with E-state index in [-0.39, 0.29) is 71.1 Å². The van der Waals surface area contributed by atoms with Crippen LogP contribution >= 0.6 is 0 Å². The van der Waals surface area contributed by atoms with E-state index in [0.717, 1.165) is 82.0 Å². The number of carbonyl (C=O) groups is 2. The van der Waals surface area contributed by atoms with Crippen molar-refractivity contribution in [2.45, 2.75) is 194 Å². The van der Waals surface area contributed by atoms with Gasteiger partial charge in [0.15, 0.2) is 0 Å². The Labute approximate surface area is 351 Å². The van der Waals surface area contributed by atoms with Gasteiger partial charge >= 0.3 is 5.97 Å². The third-order valence-electron chi connectivity index (χ3n) is 21.3. The van der Waals surface area contributed by atoms with Crippen LogP contribution in [0.5, 0.6) is 0 Å². The second-order valence-electron chi connectivity index (χ2n) is 23.5. The van der Waals surface area contributed by atoms with Crippen LogP contribution in [0.25, 0.3) is 0 Å². The van der Waals surface area contributed by atoms with Crippen molar-refractivity contribution in [3.8, 4) is 0 Å². The van der Waals surface area contributed by atoms with Gasteiger partial charge in [0.05, 0.1) is 31.0 Å². The van der Waals surface area contributed by atoms with Crippen molar-refractivity contribution >= 4 is 11.9 Å². The van der Waals surface area contributed by atoms with E-state index < -0.39 is 12.1 Å². The maximum atomic E-state index is 13.1. The second-order valence-corrected chi connectivity index (χ2v) is 23.5. The summed E-state index contributed by atoms with van der Waals surface area (Å²) in [5.74, 6) is 5.49. The first-order valence-electron chi connectivity index (χ1n) is 24.6. The molecule has 8 nitrogen and oxygen atoms in total. The third-order valence-corrected chi connectivity index (χ3v) is 21.3. The number of carboxylic acids is 1. The Morgan fingerprint density at radius 1 is 0.672 bits per heavy atom. The van der Waals surface area contributed by atoms with Crippen molar-refractivity contribution in [1.29, 1.82) is 0 Å². The molecule has 0 aromatic carbocycles. The highest BCUT2D eigenvalue weighted by molar-refractivity contribution is 5.75. The Balaban J connectivity index is 0.778. The van der Waals surface area contributed by atoms with Crippen molar-refractivity contribution < 1.29 is 34.8 Å². The van der Waals surface area contributed by atoms with Crippen LogP contribution in [0, 0.1) is 92.7 Å². The number of rotatable bonds is 12. The number of aliphatic hydroxyl groups excluding tert-OH is 3. The van der Waals surface area contributed by atoms with Gasteiger partial charge in [-0.15, -0.1) is 0 Å². The van der Waals surface area contributed by atoms with Crippen LogP contribution in [0.15, 0.2) is 0 Å². The molecule has 5 N–H and O–H groups in total. The minimum atomic E-state index is -0.750. The predicted molar refractivity (Wildman–Crippen MR) is 226 cm³/mol. The van der Waals surface area contributed by atoms with Gasteiger partial charge in [-0.25, -0.2) is 0 Å². The lowest BCUT2D eigenvalue weighted by Gasteiger charge is -2.63. The zero-order chi connectivity index (χ0) is 41.4. The number of nitrogens with one attached hydrogen (secondary N) is 1. The van der Waals surface area contributed by atoms with E-state index in [9.17, 15) is 30.0 Å². The monoisotopic (exact) mass is 810 g/mol. The van der Waals surface area contributed by atoms with Gasteiger partial charge in [-0.1, -0.05) is 41.5 Å². The lowest BCUT2D eigenvalue weighted by molar-refractivity contribution is -0.209. The molecule has 0 aromatic rings. The summed E-state index contributed by atoms with van der Waals surface area (Å²) in [6.07, 6.45) is 19.4. The predicted octanol–water partition coefficient (Wildman–Crippen LogP) is 9.03. The van der Waals surface area contributed by atoms with Gasteiger partial charge in [-0.2, -0.15) is 0 Å². The highest BCUT2D eigenvalue weighted by Gasteiger charge is 2.66. The minimum absolute atomic E-state index is 0.0667. The summed E-state index contributed by atoms with van der Waals surface area (Å²) in [6, 6.07) is 0. The molecule has 0 bridgehead atoms. The molecule has 8 fully saturated rings. The van der Waals surface area contributed by atoms with Crippen molar-refractivity contribution in [3.05, 3.63) is 0 Å². The summed E-state index contributed by atoms with van der Waals surface area (Å²) in [4.78, 5) is 24.5. The highest BCUT2D eigenvalue weighted by atomic mass is 16.5. The molecule has 8 rings (SSSR count). The maximum absolute atomic E-state index is 13.1. The standard InChI is InChI=1S/C50H83NO7/c1-29(36-11-13-38-35-10-9-31-25-33(52)17-20-47(31,3)39(35)19-22-49(36,38)5)7-15-44(55)51-23-24-58-34-18-21-48(4)32(26-34)27-42(53)46-40-14-12-37(30(2)8-16-45(56)57)50(40,6)43(54)28-41(46)48/h29-43,46,52-54H,7-28H2,1-6H3,(H,51,55)(H,56,57)/t29?,30?,31-,32+,33-,34+,35+,36?,37?,38+,39+,40+,41+,42-,43+,46+,47+,48+,49-,50-/m1/s1. The summed E-state index contributed by atoms with van der Waals surface area (Å²) in [6.45, 7) is 15.5. The van der Waals surface area contributed by atoms with Crippen LogP contribution in [0.2, 0.25) is 0 Å². The summed E-state index contributed by atoms with van der Waals surface area (Å²) < 4.78 is 6.45. The maximum Gasteiger partial charge on any atom is 0.303 e. The van der Waals surface area contributed by atoms with Gasteiger partial charge in [-0.3, -0.25) is 9.59 Å². The first kappa shape index (κ1) is 43.4. The largest absolute Gasteiger partial charge is 0.481 e. The number of carbonyl (C=O) groups excluding carboxylic acids is 1. The number of fused-ring (bicyclic) bond motifs is 10. The van der Waals surface area contributed by atoms with Gasteiger partial charge in [0.2, 0.25) is 5.91 Å². The van der Waals surface area contributed by atoms with Crippen LogP contribution in [-0.2, 0) is 14.3 Å². The lowest BCUT2D eigenvalue weighted by Crippen LogP contribution is -2.62. The summed E-state index contributed by atoms with van der Waals surface area (Å²) in [7, 11) is 0. The number of ether oxygens (including phenoxy) is 1. The molecule has 0 spiro atoms. The number of hydrogen-bond donors (Lipinski definition) is 5. The van der Waals surface area contributed by atoms with E-state index in [1.807, 2.05) is 0 Å². The number of hydrogen-bond acceptors (Lipinski definition) is 6. The molecule has 4 unspecified atom stereocenters. The first-order valence-corrected chi connectivity index (χ1v) is 24.6. The smallest absolute Gasteiger partial charge is 0.303 e. The molecule has 8 aliphatic carbocycles. The molecule has 0 aromatic heterocycles. The van der Waals surface area contributed by atoms with E-state index in [2.05, 4.69) is 46.9 Å². The molecule has 0 aliphatic heterocycles. The average molecular weight is 810 g/mol. The number of aliphatic carboxylic acids is 1. The van der Waals surface area contributed by atoms with E-state index in [1.54, 1.807) is 0 Å². The Hall–Kier alpha value is -1.22. The Morgan fingerprint density at radius 3 is 2.10 bits per heavy atom. The molecule has 0 radical (unpaired) electrons. The van der Waals surface area contributed by atoms with Gasteiger partial charge in [-0.05, 0) is 208 Å². The van der Waals surface area contributed by atoms with Crippen LogP contribution in [0.1, 0.15) is 170 Å². The Morgan fingerprint density at radius 2 is 1.33 bits per heavy atom. The molecule has 1 amide bonds. The molecular formula is C50H83NO7. The first-order chi connectivity index (χ1) is 27.5. The van der Waals surface area contributed by atoms with E-state index in [0.29, 0.717) is 60.5 Å². The molecule has 58 heavy (non-hydrogen) atoms. The van der Waals surface area contributed by atoms with Crippen LogP contribution in [0.3, 0.4) is 0 Å². The van der Waals surface area contributed by atoms with E-state index in [1.165, 1.54) is 44.9 Å². The number of carboxylic acid groups (broad SMARTS) is 1. The lowest BCUT2D eigenvalue weighted by atomic mass is 9.43. The van der Waals surface area contributed by atoms with Gasteiger partial charge in [0.25, 0.3) is 0 Å². The molecule has 20 atom stereocenters. The minimum Gasteiger partial charge on any atom is -0.481 e. The highest BCUT2D eigenvalue weighted by Crippen LogP contribution is 2.70. The van der Waals surface area contributed by atoms with Crippen LogP contribution < -0.4 is 5.32 Å². The second kappa shape index (κ2) is 16.5. The molecule has 8 saturated carbocycles. The molecule has 8 aliphatic rings. The van der Waals surface area contributed by atoms with Gasteiger partial charge in [0.1, 0.15) is 0 Å². The topological polar surface area (TPSA) is 136 Å². The van der Waals surface area contributed by atoms with Crippen molar-refractivity contribution in [1.82, 2.24) is 5.32 Å². The summed E-state index contributed by atoms with van der Waals surface area (Å²) in [5.41, 5.74) is 0.609. The molecular weight excluding hydrogens is 727 g/mol. The normalized spacial score (nSPS) is 50.6. The zero-order valence-electron chi connectivity index (χ0n) is 37.3. The average Bonchev–Trinajstić information content (AvgIpc) is 3.73. The zero-order valence-corrected chi connectivity index (χ0v) is 37.3. The fourth-order valence-electron chi connectivity index (χ4n) is 18.1. The summed E-state index contributed by atoms with van der Waals surface area (Å²) >= 11 is 0. The van der Waals surface area contributed by atoms with Crippen molar-refractivity contribution in [3.63, 3.8) is 0 Å². The fourth-order valence-corrected chi connectivity index (χ4v) is 18.1. The number of aliphatic hydroxyl groups is 3. The fraction of sp³-hybridized carbons (Fsp3) is 0.960. The van der Waals surface area contributed by atoms with E-state index >= 15 is 0 Å². The van der Waals surface area contributed by atoms with Crippen molar-refractivity contribution in [2.24, 2.45) is 92.7 Å². The number of amides is 1. The molecule has 0 saturated heterocycles. The Kier molecular flexibility index (Phi) is 12.3. The van der Waals surface area contributed by atoms with Gasteiger partial charge in [0, 0.05) is 19.4 Å². The quantitative estimate of drug-likeness (QED) is 0.124. The molecule has 8 heteroatoms. The molecule has 0 heterocycles. The Bertz CT molecular complexity index is 1490. The third kappa shape index (κ3) is 7.35. The van der Waals surface area contributed by atoms with Gasteiger partial charge < -0.3 is 30.5 Å². The molecule has 330 valence electrons. The van der Waals surface area contributed by atoms with Crippen LogP contribution in [-0.4, -0.2) is 69.9 Å². The van der Waals surface area contributed by atoms with Crippen molar-refractivity contribution in [2.75, 3.05) is 13.2 Å². The van der Waals surface area contributed by atoms with E-state index in [4.69, 9.17) is 4.74 Å².